The number of hydrogen-bond acceptors (Lipinski definition) is 4. The molecule has 1 N–H and O–H groups in total. The van der Waals surface area contributed by atoms with Gasteiger partial charge in [0.1, 0.15) is 5.82 Å². The van der Waals surface area contributed by atoms with Crippen LogP contribution in [0.2, 0.25) is 0 Å². The molecule has 0 bridgehead atoms. The Kier molecular flexibility index (Phi) is 7.10. The van der Waals surface area contributed by atoms with E-state index in [0.29, 0.717) is 24.3 Å². The second-order valence-corrected chi connectivity index (χ2v) is 9.61. The number of amides is 1. The number of benzene rings is 1. The van der Waals surface area contributed by atoms with Gasteiger partial charge in [-0.2, -0.15) is 0 Å². The molecule has 2 atom stereocenters. The third kappa shape index (κ3) is 5.06. The first kappa shape index (κ1) is 21.4. The van der Waals surface area contributed by atoms with E-state index in [-0.39, 0.29) is 0 Å². The molecule has 7 heteroatoms. The number of rotatable bonds is 6. The van der Waals surface area contributed by atoms with Crippen LogP contribution in [0, 0.1) is 5.92 Å². The Labute approximate surface area is 184 Å². The van der Waals surface area contributed by atoms with Crippen LogP contribution in [0.1, 0.15) is 43.0 Å². The number of carbonyl (C=O) groups excluding carboxylic acids is 1. The third-order valence-electron chi connectivity index (χ3n) is 6.77. The van der Waals surface area contributed by atoms with Crippen LogP contribution in [-0.4, -0.2) is 64.6 Å². The summed E-state index contributed by atoms with van der Waals surface area (Å²) < 4.78 is 2.12. The van der Waals surface area contributed by atoms with E-state index in [1.807, 2.05) is 6.26 Å². The highest BCUT2D eigenvalue weighted by Crippen LogP contribution is 2.23. The first-order chi connectivity index (χ1) is 14.6. The molecule has 1 aromatic heterocycles. The van der Waals surface area contributed by atoms with Gasteiger partial charge in [0.25, 0.3) is 5.91 Å². The minimum absolute atomic E-state index is 0.326. The predicted molar refractivity (Wildman–Crippen MR) is 120 cm³/mol. The molecule has 3 heterocycles. The van der Waals surface area contributed by atoms with Crippen LogP contribution in [-0.2, 0) is 18.3 Å². The van der Waals surface area contributed by atoms with Crippen LogP contribution in [0.3, 0.4) is 0 Å². The van der Waals surface area contributed by atoms with Gasteiger partial charge in [0.05, 0.1) is 19.0 Å². The van der Waals surface area contributed by atoms with Gasteiger partial charge in [-0.3, -0.25) is 4.79 Å². The zero-order chi connectivity index (χ0) is 20.9. The van der Waals surface area contributed by atoms with E-state index in [1.54, 1.807) is 11.8 Å². The maximum Gasteiger partial charge on any atom is 0.277 e. The monoisotopic (exact) mass is 428 g/mol. The van der Waals surface area contributed by atoms with Gasteiger partial charge in [0.15, 0.2) is 11.7 Å². The summed E-state index contributed by atoms with van der Waals surface area (Å²) >= 11 is 1.63. The highest BCUT2D eigenvalue weighted by molar-refractivity contribution is 7.98. The molecule has 162 valence electrons. The number of hydrogen-bond donors (Lipinski definition) is 1. The Morgan fingerprint density at radius 3 is 2.63 bits per heavy atom. The topological polar surface area (TPSA) is 55.5 Å². The Bertz CT molecular complexity index is 831. The number of nitrogens with one attached hydrogen (secondary N) is 1. The van der Waals surface area contributed by atoms with Crippen LogP contribution in [0.5, 0.6) is 0 Å². The number of likely N-dealkylation sites (tertiary alicyclic amines) is 2. The minimum Gasteiger partial charge on any atom is -0.338 e. The molecule has 1 unspecified atom stereocenters. The lowest BCUT2D eigenvalue weighted by Crippen LogP contribution is -3.14. The summed E-state index contributed by atoms with van der Waals surface area (Å²) in [5, 5.41) is 9.70. The summed E-state index contributed by atoms with van der Waals surface area (Å²) in [5.41, 5.74) is 1.42. The average Bonchev–Trinajstić information content (AvgIpc) is 3.15. The van der Waals surface area contributed by atoms with Gasteiger partial charge in [-0.05, 0) is 49.8 Å². The normalized spacial score (nSPS) is 22.9. The molecule has 30 heavy (non-hydrogen) atoms. The molecule has 0 saturated carbocycles. The van der Waals surface area contributed by atoms with Crippen molar-refractivity contribution in [3.05, 3.63) is 41.7 Å². The van der Waals surface area contributed by atoms with Gasteiger partial charge < -0.3 is 14.4 Å². The molecular formula is C23H34N5OS+. The second-order valence-electron chi connectivity index (χ2n) is 8.84. The molecule has 2 saturated heterocycles. The third-order valence-corrected chi connectivity index (χ3v) is 7.49. The molecule has 2 aliphatic rings. The van der Waals surface area contributed by atoms with E-state index < -0.39 is 0 Å². The van der Waals surface area contributed by atoms with Crippen molar-refractivity contribution in [3.8, 4) is 0 Å². The van der Waals surface area contributed by atoms with E-state index in [2.05, 4.69) is 57.0 Å². The molecule has 2 fully saturated rings. The summed E-state index contributed by atoms with van der Waals surface area (Å²) in [6, 6.07) is 10.7. The first-order valence-electron chi connectivity index (χ1n) is 11.2. The van der Waals surface area contributed by atoms with Crippen molar-refractivity contribution < 1.29 is 9.69 Å². The van der Waals surface area contributed by atoms with Gasteiger partial charge >= 0.3 is 0 Å². The minimum atomic E-state index is 0.326. The number of nitrogens with zero attached hydrogens (tertiary/aromatic N) is 4. The summed E-state index contributed by atoms with van der Waals surface area (Å²) in [6.07, 6.45) is 7.70. The maximum atomic E-state index is 13.0. The summed E-state index contributed by atoms with van der Waals surface area (Å²) in [5.74, 6) is 2.50. The van der Waals surface area contributed by atoms with E-state index in [9.17, 15) is 4.79 Å². The Morgan fingerprint density at radius 1 is 1.17 bits per heavy atom. The van der Waals surface area contributed by atoms with Gasteiger partial charge in [-0.15, -0.1) is 10.2 Å². The largest absolute Gasteiger partial charge is 0.338 e. The molecule has 4 rings (SSSR count). The molecule has 0 spiro atoms. The first-order valence-corrected chi connectivity index (χ1v) is 12.4. The van der Waals surface area contributed by atoms with Crippen molar-refractivity contribution in [1.82, 2.24) is 19.7 Å². The van der Waals surface area contributed by atoms with Gasteiger partial charge in [0.2, 0.25) is 0 Å². The molecule has 2 aliphatic heterocycles. The fraction of sp³-hybridized carbons (Fsp3) is 0.609. The van der Waals surface area contributed by atoms with Crippen molar-refractivity contribution >= 4 is 17.7 Å². The lowest BCUT2D eigenvalue weighted by molar-refractivity contribution is -0.898. The quantitative estimate of drug-likeness (QED) is 0.713. The van der Waals surface area contributed by atoms with E-state index in [1.165, 1.54) is 10.5 Å². The Balaban J connectivity index is 1.26. The van der Waals surface area contributed by atoms with Crippen LogP contribution < -0.4 is 4.90 Å². The number of carbonyl (C=O) groups is 1. The summed E-state index contributed by atoms with van der Waals surface area (Å²) in [6.45, 7) is 4.50. The molecule has 2 aromatic rings. The van der Waals surface area contributed by atoms with Gasteiger partial charge in [0, 0.05) is 20.1 Å². The van der Waals surface area contributed by atoms with Crippen LogP contribution in [0.25, 0.3) is 0 Å². The summed E-state index contributed by atoms with van der Waals surface area (Å²) in [4.78, 5) is 16.5. The molecule has 1 aromatic carbocycles. The van der Waals surface area contributed by atoms with Crippen molar-refractivity contribution in [1.29, 1.82) is 0 Å². The lowest BCUT2D eigenvalue weighted by atomic mass is 9.90. The smallest absolute Gasteiger partial charge is 0.277 e. The number of thioether (sulfide) groups is 1. The SMILES string of the molecule is CSc1nnc([C@@H]2CCC[NH+](CC(=O)N3CCC(Cc4ccccc4)CC3)C2)n1C. The Morgan fingerprint density at radius 2 is 1.93 bits per heavy atom. The molecule has 0 aliphatic carbocycles. The molecular weight excluding hydrogens is 394 g/mol. The lowest BCUT2D eigenvalue weighted by Gasteiger charge is -2.34. The summed E-state index contributed by atoms with van der Waals surface area (Å²) in [7, 11) is 2.06. The second kappa shape index (κ2) is 9.96. The predicted octanol–water partition coefficient (Wildman–Crippen LogP) is 1.78. The Hall–Kier alpha value is -1.86. The number of piperidine rings is 2. The zero-order valence-electron chi connectivity index (χ0n) is 18.2. The van der Waals surface area contributed by atoms with Crippen LogP contribution in [0.4, 0.5) is 0 Å². The number of aromatic nitrogens is 3. The molecule has 0 radical (unpaired) electrons. The highest BCUT2D eigenvalue weighted by Gasteiger charge is 2.31. The van der Waals surface area contributed by atoms with Crippen LogP contribution >= 0.6 is 11.8 Å². The molecule has 6 nitrogen and oxygen atoms in total. The van der Waals surface area contributed by atoms with Gasteiger partial charge in [-0.1, -0.05) is 42.1 Å². The van der Waals surface area contributed by atoms with Crippen molar-refractivity contribution in [3.63, 3.8) is 0 Å². The van der Waals surface area contributed by atoms with Crippen molar-refractivity contribution in [2.75, 3.05) is 39.0 Å². The van der Waals surface area contributed by atoms with E-state index in [4.69, 9.17) is 0 Å². The van der Waals surface area contributed by atoms with E-state index in [0.717, 1.165) is 69.3 Å². The van der Waals surface area contributed by atoms with Crippen molar-refractivity contribution in [2.45, 2.75) is 43.2 Å². The van der Waals surface area contributed by atoms with Crippen LogP contribution in [0.15, 0.2) is 35.5 Å². The van der Waals surface area contributed by atoms with E-state index >= 15 is 0 Å². The average molecular weight is 429 g/mol. The fourth-order valence-corrected chi connectivity index (χ4v) is 5.54. The molecule has 1 amide bonds. The fourth-order valence-electron chi connectivity index (χ4n) is 5.05. The zero-order valence-corrected chi connectivity index (χ0v) is 19.0. The number of quaternary nitrogens is 1. The standard InChI is InChI=1S/C23H33N5OS/c1-26-22(24-25-23(26)30-2)20-9-6-12-27(16-20)17-21(29)28-13-10-19(11-14-28)15-18-7-4-3-5-8-18/h3-5,7-8,19-20H,6,9-17H2,1-2H3/p+1/t20-/m1/s1. The van der Waals surface area contributed by atoms with Gasteiger partial charge in [-0.25, -0.2) is 0 Å². The highest BCUT2D eigenvalue weighted by atomic mass is 32.2. The maximum absolute atomic E-state index is 13.0. The van der Waals surface area contributed by atoms with Crippen molar-refractivity contribution in [2.24, 2.45) is 13.0 Å².